The predicted molar refractivity (Wildman–Crippen MR) is 70.5 cm³/mol. The molecule has 2 aliphatic heterocycles. The van der Waals surface area contributed by atoms with Gasteiger partial charge in [-0.25, -0.2) is 0 Å². The zero-order valence-corrected chi connectivity index (χ0v) is 11.9. The van der Waals surface area contributed by atoms with Gasteiger partial charge >= 0.3 is 0 Å². The molecule has 2 aliphatic rings. The molecule has 0 amide bonds. The summed E-state index contributed by atoms with van der Waals surface area (Å²) in [7, 11) is 0. The zero-order valence-electron chi connectivity index (χ0n) is 11.9. The molecule has 5 unspecified atom stereocenters. The van der Waals surface area contributed by atoms with Crippen LogP contribution in [0.4, 0.5) is 0 Å². The minimum Gasteiger partial charge on any atom is -0.378 e. The Hall–Kier alpha value is -0.410. The monoisotopic (exact) mass is 254 g/mol. The molecule has 0 radical (unpaired) electrons. The minimum absolute atomic E-state index is 0.0882. The first-order valence-corrected chi connectivity index (χ1v) is 7.39. The summed E-state index contributed by atoms with van der Waals surface area (Å²) >= 11 is 0. The molecule has 3 nitrogen and oxygen atoms in total. The molecule has 2 rings (SSSR count). The summed E-state index contributed by atoms with van der Waals surface area (Å²) in [5.74, 6) is 0.845. The molecule has 104 valence electrons. The Bertz CT molecular complexity index is 283. The number of carbonyl (C=O) groups is 1. The van der Waals surface area contributed by atoms with E-state index in [1.807, 2.05) is 6.92 Å². The van der Waals surface area contributed by atoms with Crippen LogP contribution in [0.25, 0.3) is 0 Å². The van der Waals surface area contributed by atoms with E-state index < -0.39 is 0 Å². The summed E-state index contributed by atoms with van der Waals surface area (Å²) in [4.78, 5) is 12.3. The molecular formula is C15H26O3. The smallest absolute Gasteiger partial charge is 0.138 e. The molecule has 3 heteroatoms. The van der Waals surface area contributed by atoms with E-state index in [9.17, 15) is 4.79 Å². The van der Waals surface area contributed by atoms with E-state index >= 15 is 0 Å². The average molecular weight is 254 g/mol. The fourth-order valence-corrected chi connectivity index (χ4v) is 3.36. The van der Waals surface area contributed by atoms with Crippen LogP contribution in [0.1, 0.15) is 52.9 Å². The number of hydrogen-bond acceptors (Lipinski definition) is 3. The van der Waals surface area contributed by atoms with Crippen molar-refractivity contribution in [3.63, 3.8) is 0 Å². The second kappa shape index (κ2) is 6.16. The zero-order chi connectivity index (χ0) is 13.1. The summed E-state index contributed by atoms with van der Waals surface area (Å²) < 4.78 is 11.3. The van der Waals surface area contributed by atoms with Gasteiger partial charge in [0.2, 0.25) is 0 Å². The van der Waals surface area contributed by atoms with Gasteiger partial charge in [-0.15, -0.1) is 0 Å². The summed E-state index contributed by atoms with van der Waals surface area (Å²) in [6.07, 6.45) is 5.76. The highest BCUT2D eigenvalue weighted by atomic mass is 16.5. The maximum atomic E-state index is 12.3. The number of ether oxygens (including phenoxy) is 2. The van der Waals surface area contributed by atoms with Gasteiger partial charge in [0, 0.05) is 18.9 Å². The van der Waals surface area contributed by atoms with E-state index in [2.05, 4.69) is 13.8 Å². The lowest BCUT2D eigenvalue weighted by Crippen LogP contribution is -2.26. The Labute approximate surface area is 110 Å². The Balaban J connectivity index is 1.73. The van der Waals surface area contributed by atoms with Crippen molar-refractivity contribution in [2.45, 2.75) is 71.2 Å². The van der Waals surface area contributed by atoms with Crippen LogP contribution in [0.2, 0.25) is 0 Å². The van der Waals surface area contributed by atoms with Crippen molar-refractivity contribution in [2.75, 3.05) is 6.61 Å². The molecule has 2 fully saturated rings. The molecule has 0 aromatic rings. The third kappa shape index (κ3) is 3.12. The first kappa shape index (κ1) is 14.0. The van der Waals surface area contributed by atoms with Gasteiger partial charge in [0.15, 0.2) is 0 Å². The molecule has 0 spiro atoms. The second-order valence-electron chi connectivity index (χ2n) is 5.92. The van der Waals surface area contributed by atoms with E-state index in [1.165, 1.54) is 12.8 Å². The predicted octanol–water partition coefficient (Wildman–Crippen LogP) is 2.96. The van der Waals surface area contributed by atoms with Gasteiger partial charge in [0.1, 0.15) is 5.78 Å². The lowest BCUT2D eigenvalue weighted by atomic mass is 9.84. The highest BCUT2D eigenvalue weighted by Gasteiger charge is 2.40. The molecule has 0 aromatic heterocycles. The largest absolute Gasteiger partial charge is 0.378 e. The minimum atomic E-state index is 0.0882. The van der Waals surface area contributed by atoms with Crippen LogP contribution in [0.3, 0.4) is 0 Å². The van der Waals surface area contributed by atoms with Gasteiger partial charge < -0.3 is 9.47 Å². The van der Waals surface area contributed by atoms with Crippen molar-refractivity contribution in [3.8, 4) is 0 Å². The molecule has 0 N–H and O–H groups in total. The van der Waals surface area contributed by atoms with Gasteiger partial charge in [-0.2, -0.15) is 0 Å². The number of carbonyl (C=O) groups excluding carboxylic acids is 1. The summed E-state index contributed by atoms with van der Waals surface area (Å²) in [6, 6.07) is 0. The highest BCUT2D eigenvalue weighted by Crippen LogP contribution is 2.34. The lowest BCUT2D eigenvalue weighted by molar-refractivity contribution is -0.125. The molecular weight excluding hydrogens is 228 g/mol. The van der Waals surface area contributed by atoms with E-state index in [4.69, 9.17) is 9.47 Å². The Morgan fingerprint density at radius 1 is 1.22 bits per heavy atom. The third-order valence-electron chi connectivity index (χ3n) is 4.59. The summed E-state index contributed by atoms with van der Waals surface area (Å²) in [5.41, 5.74) is 0. The van der Waals surface area contributed by atoms with E-state index in [0.29, 0.717) is 24.2 Å². The first-order valence-electron chi connectivity index (χ1n) is 7.39. The van der Waals surface area contributed by atoms with Gasteiger partial charge in [0.05, 0.1) is 18.3 Å². The highest BCUT2D eigenvalue weighted by molar-refractivity contribution is 5.82. The number of ketones is 1. The van der Waals surface area contributed by atoms with Crippen LogP contribution in [-0.2, 0) is 14.3 Å². The number of hydrogen-bond donors (Lipinski definition) is 0. The van der Waals surface area contributed by atoms with Crippen molar-refractivity contribution in [2.24, 2.45) is 11.8 Å². The van der Waals surface area contributed by atoms with Crippen LogP contribution < -0.4 is 0 Å². The molecule has 0 aromatic carbocycles. The SMILES string of the molecule is CC1OC(C)C(C(=O)CCCC2CCCO2)C1C. The van der Waals surface area contributed by atoms with E-state index in [1.54, 1.807) is 0 Å². The Morgan fingerprint density at radius 3 is 2.56 bits per heavy atom. The number of Topliss-reactive ketones (excluding diaryl/α,β-unsaturated/α-hetero) is 1. The van der Waals surface area contributed by atoms with Crippen LogP contribution in [0.15, 0.2) is 0 Å². The van der Waals surface area contributed by atoms with Gasteiger partial charge in [0.25, 0.3) is 0 Å². The van der Waals surface area contributed by atoms with Crippen molar-refractivity contribution < 1.29 is 14.3 Å². The Morgan fingerprint density at radius 2 is 2.00 bits per heavy atom. The van der Waals surface area contributed by atoms with Crippen LogP contribution in [0.5, 0.6) is 0 Å². The summed E-state index contributed by atoms with van der Waals surface area (Å²) in [5, 5.41) is 0. The van der Waals surface area contributed by atoms with Crippen molar-refractivity contribution in [3.05, 3.63) is 0 Å². The van der Waals surface area contributed by atoms with Gasteiger partial charge in [-0.05, 0) is 45.4 Å². The normalized spacial score (nSPS) is 40.3. The molecule has 5 atom stereocenters. The van der Waals surface area contributed by atoms with Crippen LogP contribution >= 0.6 is 0 Å². The molecule has 2 saturated heterocycles. The fraction of sp³-hybridized carbons (Fsp3) is 0.933. The van der Waals surface area contributed by atoms with E-state index in [-0.39, 0.29) is 18.1 Å². The van der Waals surface area contributed by atoms with Gasteiger partial charge in [-0.1, -0.05) is 6.92 Å². The van der Waals surface area contributed by atoms with Crippen molar-refractivity contribution in [1.82, 2.24) is 0 Å². The third-order valence-corrected chi connectivity index (χ3v) is 4.59. The van der Waals surface area contributed by atoms with Crippen molar-refractivity contribution in [1.29, 1.82) is 0 Å². The maximum Gasteiger partial charge on any atom is 0.138 e. The van der Waals surface area contributed by atoms with Gasteiger partial charge in [-0.3, -0.25) is 4.79 Å². The number of rotatable bonds is 5. The molecule has 2 heterocycles. The standard InChI is InChI=1S/C15H26O3/c1-10-11(2)18-12(3)15(10)14(16)8-4-6-13-7-5-9-17-13/h10-13,15H,4-9H2,1-3H3. The molecule has 0 saturated carbocycles. The second-order valence-corrected chi connectivity index (χ2v) is 5.92. The molecule has 18 heavy (non-hydrogen) atoms. The van der Waals surface area contributed by atoms with Crippen LogP contribution in [-0.4, -0.2) is 30.7 Å². The van der Waals surface area contributed by atoms with Crippen LogP contribution in [0, 0.1) is 11.8 Å². The molecule has 0 bridgehead atoms. The molecule has 0 aliphatic carbocycles. The quantitative estimate of drug-likeness (QED) is 0.756. The summed E-state index contributed by atoms with van der Waals surface area (Å²) in [6.45, 7) is 7.14. The van der Waals surface area contributed by atoms with E-state index in [0.717, 1.165) is 19.4 Å². The topological polar surface area (TPSA) is 35.5 Å². The first-order chi connectivity index (χ1) is 8.59. The fourth-order valence-electron chi connectivity index (χ4n) is 3.36. The maximum absolute atomic E-state index is 12.3. The average Bonchev–Trinajstić information content (AvgIpc) is 2.89. The van der Waals surface area contributed by atoms with Crippen molar-refractivity contribution >= 4 is 5.78 Å². The Kier molecular flexibility index (Phi) is 4.79. The lowest BCUT2D eigenvalue weighted by Gasteiger charge is -2.17.